The van der Waals surface area contributed by atoms with Gasteiger partial charge < -0.3 is 20.3 Å². The lowest BCUT2D eigenvalue weighted by atomic mass is 10.1. The molecule has 2 rings (SSSR count). The lowest BCUT2D eigenvalue weighted by Crippen LogP contribution is -2.44. The number of nitrogens with zero attached hydrogens (tertiary/aromatic N) is 1. The van der Waals surface area contributed by atoms with Crippen molar-refractivity contribution < 1.29 is 9.53 Å². The van der Waals surface area contributed by atoms with Crippen LogP contribution in [-0.2, 0) is 16.1 Å². The van der Waals surface area contributed by atoms with Gasteiger partial charge in [0.05, 0.1) is 13.2 Å². The predicted octanol–water partition coefficient (Wildman–Crippen LogP) is 0.747. The van der Waals surface area contributed by atoms with Crippen LogP contribution in [0.5, 0.6) is 0 Å². The summed E-state index contributed by atoms with van der Waals surface area (Å²) in [6.07, 6.45) is 0.466. The lowest BCUT2D eigenvalue weighted by molar-refractivity contribution is -0.122. The van der Waals surface area contributed by atoms with Crippen LogP contribution in [0.15, 0.2) is 24.3 Å². The third-order valence-electron chi connectivity index (χ3n) is 3.35. The van der Waals surface area contributed by atoms with Gasteiger partial charge in [-0.1, -0.05) is 12.1 Å². The summed E-state index contributed by atoms with van der Waals surface area (Å²) in [5, 5.41) is 6.24. The van der Waals surface area contributed by atoms with Crippen molar-refractivity contribution in [2.45, 2.75) is 19.0 Å². The Morgan fingerprint density at radius 1 is 1.50 bits per heavy atom. The number of rotatable bonds is 5. The van der Waals surface area contributed by atoms with Crippen molar-refractivity contribution in [2.24, 2.45) is 0 Å². The smallest absolute Gasteiger partial charge is 0.221 e. The maximum Gasteiger partial charge on any atom is 0.221 e. The molecule has 0 aromatic heterocycles. The molecule has 1 aromatic rings. The van der Waals surface area contributed by atoms with Crippen LogP contribution >= 0.6 is 0 Å². The van der Waals surface area contributed by atoms with E-state index in [1.165, 1.54) is 0 Å². The minimum Gasteiger partial charge on any atom is -0.378 e. The highest BCUT2D eigenvalue weighted by Crippen LogP contribution is 2.13. The molecule has 1 aliphatic heterocycles. The molecule has 5 heteroatoms. The number of amides is 1. The second-order valence-corrected chi connectivity index (χ2v) is 5.27. The van der Waals surface area contributed by atoms with Gasteiger partial charge in [0.1, 0.15) is 0 Å². The molecule has 0 saturated carbocycles. The molecule has 20 heavy (non-hydrogen) atoms. The average Bonchev–Trinajstić information content (AvgIpc) is 2.46. The van der Waals surface area contributed by atoms with Gasteiger partial charge in [0, 0.05) is 45.3 Å². The van der Waals surface area contributed by atoms with Crippen LogP contribution < -0.4 is 15.5 Å². The summed E-state index contributed by atoms with van der Waals surface area (Å²) in [5.74, 6) is 0.0586. The molecule has 5 nitrogen and oxygen atoms in total. The fraction of sp³-hybridized carbons (Fsp3) is 0.533. The third-order valence-corrected chi connectivity index (χ3v) is 3.35. The number of morpholine rings is 1. The van der Waals surface area contributed by atoms with Crippen LogP contribution in [0.25, 0.3) is 0 Å². The van der Waals surface area contributed by atoms with Crippen LogP contribution in [0.1, 0.15) is 12.0 Å². The monoisotopic (exact) mass is 277 g/mol. The summed E-state index contributed by atoms with van der Waals surface area (Å²) in [5.41, 5.74) is 2.25. The van der Waals surface area contributed by atoms with E-state index < -0.39 is 0 Å². The highest BCUT2D eigenvalue weighted by atomic mass is 16.5. The van der Waals surface area contributed by atoms with Gasteiger partial charge in [-0.05, 0) is 17.7 Å². The Hall–Kier alpha value is -1.59. The topological polar surface area (TPSA) is 53.6 Å². The molecular weight excluding hydrogens is 254 g/mol. The summed E-state index contributed by atoms with van der Waals surface area (Å²) in [4.78, 5) is 13.9. The molecule has 1 heterocycles. The first kappa shape index (κ1) is 14.8. The molecule has 0 spiro atoms. The van der Waals surface area contributed by atoms with E-state index >= 15 is 0 Å². The number of nitrogens with one attached hydrogen (secondary N) is 2. The van der Waals surface area contributed by atoms with Gasteiger partial charge in [0.15, 0.2) is 0 Å². The van der Waals surface area contributed by atoms with Crippen molar-refractivity contribution in [1.29, 1.82) is 0 Å². The molecule has 1 aromatic carbocycles. The zero-order valence-corrected chi connectivity index (χ0v) is 12.2. The van der Waals surface area contributed by atoms with Crippen molar-refractivity contribution >= 4 is 11.6 Å². The first-order chi connectivity index (χ1) is 9.65. The van der Waals surface area contributed by atoms with Gasteiger partial charge in [-0.2, -0.15) is 0 Å². The standard InChI is InChI=1S/C15H23N3O2/c1-18(2)14-5-3-4-12(8-14)10-17-15(19)9-13-11-20-7-6-16-13/h3-5,8,13,16H,6-7,9-11H2,1-2H3,(H,17,19). The minimum absolute atomic E-state index is 0.0586. The fourth-order valence-corrected chi connectivity index (χ4v) is 2.19. The summed E-state index contributed by atoms with van der Waals surface area (Å²) < 4.78 is 5.34. The number of carbonyl (C=O) groups is 1. The molecule has 1 saturated heterocycles. The number of hydrogen-bond donors (Lipinski definition) is 2. The van der Waals surface area contributed by atoms with Crippen molar-refractivity contribution in [3.63, 3.8) is 0 Å². The quantitative estimate of drug-likeness (QED) is 0.834. The number of carbonyl (C=O) groups excluding carboxylic acids is 1. The predicted molar refractivity (Wildman–Crippen MR) is 79.8 cm³/mol. The minimum atomic E-state index is 0.0586. The second-order valence-electron chi connectivity index (χ2n) is 5.27. The van der Waals surface area contributed by atoms with E-state index in [1.54, 1.807) is 0 Å². The van der Waals surface area contributed by atoms with Crippen molar-refractivity contribution in [1.82, 2.24) is 10.6 Å². The SMILES string of the molecule is CN(C)c1cccc(CNC(=O)CC2COCCN2)c1. The first-order valence-electron chi connectivity index (χ1n) is 6.99. The van der Waals surface area contributed by atoms with Gasteiger partial charge in [-0.25, -0.2) is 0 Å². The maximum atomic E-state index is 11.9. The van der Waals surface area contributed by atoms with Gasteiger partial charge in [0.25, 0.3) is 0 Å². The van der Waals surface area contributed by atoms with Crippen LogP contribution in [0.3, 0.4) is 0 Å². The van der Waals surface area contributed by atoms with Gasteiger partial charge in [-0.15, -0.1) is 0 Å². The largest absolute Gasteiger partial charge is 0.378 e. The van der Waals surface area contributed by atoms with E-state index in [4.69, 9.17) is 4.74 Å². The molecule has 0 aliphatic carbocycles. The molecule has 1 atom stereocenters. The van der Waals surface area contributed by atoms with E-state index in [9.17, 15) is 4.79 Å². The summed E-state index contributed by atoms with van der Waals surface area (Å²) in [7, 11) is 4.01. The molecule has 0 radical (unpaired) electrons. The zero-order valence-electron chi connectivity index (χ0n) is 12.2. The molecule has 1 aliphatic rings. The first-order valence-corrected chi connectivity index (χ1v) is 6.99. The van der Waals surface area contributed by atoms with E-state index in [0.29, 0.717) is 19.6 Å². The van der Waals surface area contributed by atoms with Crippen LogP contribution in [0, 0.1) is 0 Å². The number of anilines is 1. The lowest BCUT2D eigenvalue weighted by Gasteiger charge is -2.23. The number of ether oxygens (including phenoxy) is 1. The van der Waals surface area contributed by atoms with E-state index in [2.05, 4.69) is 27.7 Å². The molecule has 1 fully saturated rings. The third kappa shape index (κ3) is 4.51. The Morgan fingerprint density at radius 2 is 2.35 bits per heavy atom. The van der Waals surface area contributed by atoms with Crippen LogP contribution in [0.2, 0.25) is 0 Å². The maximum absolute atomic E-state index is 11.9. The summed E-state index contributed by atoms with van der Waals surface area (Å²) in [6.45, 7) is 2.73. The van der Waals surface area contributed by atoms with Crippen molar-refractivity contribution in [3.8, 4) is 0 Å². The summed E-state index contributed by atoms with van der Waals surface area (Å²) in [6, 6.07) is 8.30. The van der Waals surface area contributed by atoms with Crippen LogP contribution in [-0.4, -0.2) is 45.8 Å². The van der Waals surface area contributed by atoms with E-state index in [1.807, 2.05) is 26.2 Å². The molecule has 2 N–H and O–H groups in total. The Morgan fingerprint density at radius 3 is 3.05 bits per heavy atom. The zero-order chi connectivity index (χ0) is 14.4. The average molecular weight is 277 g/mol. The van der Waals surface area contributed by atoms with Crippen LogP contribution in [0.4, 0.5) is 5.69 Å². The Balaban J connectivity index is 1.79. The van der Waals surface area contributed by atoms with Crippen molar-refractivity contribution in [2.75, 3.05) is 38.8 Å². The second kappa shape index (κ2) is 7.26. The highest BCUT2D eigenvalue weighted by Gasteiger charge is 2.16. The number of hydrogen-bond acceptors (Lipinski definition) is 4. The number of benzene rings is 1. The molecule has 110 valence electrons. The van der Waals surface area contributed by atoms with Crippen molar-refractivity contribution in [3.05, 3.63) is 29.8 Å². The Kier molecular flexibility index (Phi) is 5.38. The Bertz CT molecular complexity index is 442. The van der Waals surface area contributed by atoms with E-state index in [-0.39, 0.29) is 11.9 Å². The highest BCUT2D eigenvalue weighted by molar-refractivity contribution is 5.76. The normalized spacial score (nSPS) is 18.6. The fourth-order valence-electron chi connectivity index (χ4n) is 2.19. The van der Waals surface area contributed by atoms with Gasteiger partial charge in [0.2, 0.25) is 5.91 Å². The van der Waals surface area contributed by atoms with Gasteiger partial charge in [-0.3, -0.25) is 4.79 Å². The van der Waals surface area contributed by atoms with Gasteiger partial charge >= 0.3 is 0 Å². The molecule has 0 bridgehead atoms. The van der Waals surface area contributed by atoms with E-state index in [0.717, 1.165) is 24.4 Å². The molecule has 1 unspecified atom stereocenters. The Labute approximate surface area is 120 Å². The molecular formula is C15H23N3O2. The summed E-state index contributed by atoms with van der Waals surface area (Å²) >= 11 is 0. The molecule has 1 amide bonds.